The van der Waals surface area contributed by atoms with Gasteiger partial charge in [0.05, 0.1) is 13.1 Å². The lowest BCUT2D eigenvalue weighted by molar-refractivity contribution is -0.126. The van der Waals surface area contributed by atoms with Crippen molar-refractivity contribution in [3.63, 3.8) is 0 Å². The van der Waals surface area contributed by atoms with Crippen molar-refractivity contribution in [2.24, 2.45) is 0 Å². The average molecular weight is 332 g/mol. The van der Waals surface area contributed by atoms with E-state index >= 15 is 0 Å². The van der Waals surface area contributed by atoms with Gasteiger partial charge in [-0.3, -0.25) is 14.5 Å². The second kappa shape index (κ2) is 8.68. The van der Waals surface area contributed by atoms with Crippen molar-refractivity contribution in [3.8, 4) is 0 Å². The number of nitrogens with zero attached hydrogens (tertiary/aromatic N) is 2. The third-order valence-corrected chi connectivity index (χ3v) is 4.48. The molecule has 2 N–H and O–H groups in total. The zero-order chi connectivity index (χ0) is 17.5. The number of carbonyl (C=O) groups excluding carboxylic acids is 2. The maximum atomic E-state index is 11.9. The number of aryl methyl sites for hydroxylation is 1. The number of likely N-dealkylation sites (N-methyl/N-ethyl adjacent to an activating group) is 1. The van der Waals surface area contributed by atoms with E-state index < -0.39 is 0 Å². The van der Waals surface area contributed by atoms with Gasteiger partial charge in [0.15, 0.2) is 0 Å². The topological polar surface area (TPSA) is 64.7 Å². The highest BCUT2D eigenvalue weighted by molar-refractivity contribution is 5.85. The summed E-state index contributed by atoms with van der Waals surface area (Å²) in [7, 11) is 0. The molecule has 24 heavy (non-hydrogen) atoms. The SMILES string of the molecule is CCNC(=O)CNC(=O)CN1CCN(c2cccc(C)c2C)CC1. The Morgan fingerprint density at radius 1 is 1.04 bits per heavy atom. The summed E-state index contributed by atoms with van der Waals surface area (Å²) < 4.78 is 0. The summed E-state index contributed by atoms with van der Waals surface area (Å²) in [5.41, 5.74) is 3.92. The van der Waals surface area contributed by atoms with Crippen LogP contribution in [0.4, 0.5) is 5.69 Å². The van der Waals surface area contributed by atoms with Gasteiger partial charge in [0.1, 0.15) is 0 Å². The van der Waals surface area contributed by atoms with Crippen LogP contribution in [0.1, 0.15) is 18.1 Å². The molecule has 6 heteroatoms. The van der Waals surface area contributed by atoms with Crippen LogP contribution in [0, 0.1) is 13.8 Å². The highest BCUT2D eigenvalue weighted by Crippen LogP contribution is 2.23. The number of carbonyl (C=O) groups is 2. The molecule has 1 heterocycles. The smallest absolute Gasteiger partial charge is 0.239 e. The van der Waals surface area contributed by atoms with Gasteiger partial charge in [-0.2, -0.15) is 0 Å². The van der Waals surface area contributed by atoms with Crippen molar-refractivity contribution in [1.29, 1.82) is 0 Å². The van der Waals surface area contributed by atoms with E-state index in [-0.39, 0.29) is 18.4 Å². The molecule has 1 saturated heterocycles. The molecule has 0 unspecified atom stereocenters. The molecular formula is C18H28N4O2. The van der Waals surface area contributed by atoms with Crippen molar-refractivity contribution in [1.82, 2.24) is 15.5 Å². The van der Waals surface area contributed by atoms with Gasteiger partial charge in [-0.25, -0.2) is 0 Å². The van der Waals surface area contributed by atoms with Gasteiger partial charge in [0.25, 0.3) is 0 Å². The predicted octanol–water partition coefficient (Wildman–Crippen LogP) is 0.678. The molecule has 1 aromatic carbocycles. The number of rotatable bonds is 6. The van der Waals surface area contributed by atoms with E-state index in [1.807, 2.05) is 6.92 Å². The van der Waals surface area contributed by atoms with Gasteiger partial charge in [0.2, 0.25) is 11.8 Å². The van der Waals surface area contributed by atoms with Crippen LogP contribution in [-0.2, 0) is 9.59 Å². The van der Waals surface area contributed by atoms with E-state index in [1.54, 1.807) is 0 Å². The fraction of sp³-hybridized carbons (Fsp3) is 0.556. The Bertz CT molecular complexity index is 580. The first-order valence-electron chi connectivity index (χ1n) is 8.58. The van der Waals surface area contributed by atoms with Gasteiger partial charge in [-0.1, -0.05) is 12.1 Å². The van der Waals surface area contributed by atoms with Crippen LogP contribution in [0.5, 0.6) is 0 Å². The van der Waals surface area contributed by atoms with Gasteiger partial charge in [0, 0.05) is 38.4 Å². The Hall–Kier alpha value is -2.08. The van der Waals surface area contributed by atoms with Crippen LogP contribution in [-0.4, -0.2) is 62.5 Å². The first kappa shape index (κ1) is 18.3. The molecular weight excluding hydrogens is 304 g/mol. The van der Waals surface area contributed by atoms with E-state index in [0.717, 1.165) is 26.2 Å². The minimum atomic E-state index is -0.148. The third-order valence-electron chi connectivity index (χ3n) is 4.48. The lowest BCUT2D eigenvalue weighted by Gasteiger charge is -2.36. The van der Waals surface area contributed by atoms with E-state index in [2.05, 4.69) is 52.5 Å². The fourth-order valence-electron chi connectivity index (χ4n) is 2.92. The first-order chi connectivity index (χ1) is 11.5. The minimum Gasteiger partial charge on any atom is -0.369 e. The molecule has 2 amide bonds. The van der Waals surface area contributed by atoms with Crippen LogP contribution >= 0.6 is 0 Å². The molecule has 2 rings (SSSR count). The molecule has 1 fully saturated rings. The summed E-state index contributed by atoms with van der Waals surface area (Å²) >= 11 is 0. The average Bonchev–Trinajstić information content (AvgIpc) is 2.57. The number of piperazine rings is 1. The third kappa shape index (κ3) is 4.96. The fourth-order valence-corrected chi connectivity index (χ4v) is 2.92. The van der Waals surface area contributed by atoms with Crippen LogP contribution in [0.3, 0.4) is 0 Å². The summed E-state index contributed by atoms with van der Waals surface area (Å²) in [6, 6.07) is 6.39. The standard InChI is InChI=1S/C18H28N4O2/c1-4-19-17(23)12-20-18(24)13-21-8-10-22(11-9-21)16-7-5-6-14(2)15(16)3/h5-7H,4,8-13H2,1-3H3,(H,19,23)(H,20,24). The highest BCUT2D eigenvalue weighted by Gasteiger charge is 2.20. The molecule has 0 aromatic heterocycles. The first-order valence-corrected chi connectivity index (χ1v) is 8.58. The number of hydrogen-bond acceptors (Lipinski definition) is 4. The second-order valence-electron chi connectivity index (χ2n) is 6.21. The van der Waals surface area contributed by atoms with Gasteiger partial charge in [-0.05, 0) is 38.0 Å². The van der Waals surface area contributed by atoms with Crippen LogP contribution in [0.25, 0.3) is 0 Å². The van der Waals surface area contributed by atoms with Crippen molar-refractivity contribution in [2.75, 3.05) is 50.7 Å². The maximum Gasteiger partial charge on any atom is 0.239 e. The summed E-state index contributed by atoms with van der Waals surface area (Å²) in [4.78, 5) is 27.8. The molecule has 0 radical (unpaired) electrons. The molecule has 0 saturated carbocycles. The Balaban J connectivity index is 1.77. The lowest BCUT2D eigenvalue weighted by atomic mass is 10.1. The monoisotopic (exact) mass is 332 g/mol. The van der Waals surface area contributed by atoms with E-state index in [4.69, 9.17) is 0 Å². The molecule has 0 spiro atoms. The van der Waals surface area contributed by atoms with Crippen LogP contribution < -0.4 is 15.5 Å². The number of nitrogens with one attached hydrogen (secondary N) is 2. The lowest BCUT2D eigenvalue weighted by Crippen LogP contribution is -2.50. The quantitative estimate of drug-likeness (QED) is 0.804. The largest absolute Gasteiger partial charge is 0.369 e. The zero-order valence-corrected chi connectivity index (χ0v) is 14.9. The summed E-state index contributed by atoms with van der Waals surface area (Å²) in [5, 5.41) is 5.33. The molecule has 0 atom stereocenters. The van der Waals surface area contributed by atoms with Gasteiger partial charge in [-0.15, -0.1) is 0 Å². The van der Waals surface area contributed by atoms with E-state index in [1.165, 1.54) is 16.8 Å². The molecule has 1 aliphatic rings. The maximum absolute atomic E-state index is 11.9. The minimum absolute atomic E-state index is 0.0507. The Morgan fingerprint density at radius 2 is 1.75 bits per heavy atom. The zero-order valence-electron chi connectivity index (χ0n) is 14.9. The number of hydrogen-bond donors (Lipinski definition) is 2. The van der Waals surface area contributed by atoms with E-state index in [9.17, 15) is 9.59 Å². The normalized spacial score (nSPS) is 15.2. The van der Waals surface area contributed by atoms with Crippen molar-refractivity contribution in [2.45, 2.75) is 20.8 Å². The van der Waals surface area contributed by atoms with Crippen LogP contribution in [0.2, 0.25) is 0 Å². The summed E-state index contributed by atoms with van der Waals surface area (Å²) in [6.45, 7) is 10.6. The summed E-state index contributed by atoms with van der Waals surface area (Å²) in [5.74, 6) is -0.243. The molecule has 1 aliphatic heterocycles. The number of amides is 2. The Morgan fingerprint density at radius 3 is 2.42 bits per heavy atom. The van der Waals surface area contributed by atoms with Crippen molar-refractivity contribution in [3.05, 3.63) is 29.3 Å². The molecule has 132 valence electrons. The molecule has 1 aromatic rings. The van der Waals surface area contributed by atoms with Crippen molar-refractivity contribution < 1.29 is 9.59 Å². The molecule has 0 aliphatic carbocycles. The second-order valence-corrected chi connectivity index (χ2v) is 6.21. The van der Waals surface area contributed by atoms with Crippen molar-refractivity contribution >= 4 is 17.5 Å². The van der Waals surface area contributed by atoms with Crippen LogP contribution in [0.15, 0.2) is 18.2 Å². The Kier molecular flexibility index (Phi) is 6.61. The predicted molar refractivity (Wildman–Crippen MR) is 96.3 cm³/mol. The number of benzene rings is 1. The van der Waals surface area contributed by atoms with Gasteiger partial charge >= 0.3 is 0 Å². The Labute approximate surface area is 144 Å². The highest BCUT2D eigenvalue weighted by atomic mass is 16.2. The van der Waals surface area contributed by atoms with Gasteiger partial charge < -0.3 is 15.5 Å². The summed E-state index contributed by atoms with van der Waals surface area (Å²) in [6.07, 6.45) is 0. The molecule has 6 nitrogen and oxygen atoms in total. The molecule has 0 bridgehead atoms. The van der Waals surface area contributed by atoms with E-state index in [0.29, 0.717) is 13.1 Å². The number of anilines is 1.